The van der Waals surface area contributed by atoms with Crippen molar-refractivity contribution in [2.45, 2.75) is 31.7 Å². The zero-order valence-electron chi connectivity index (χ0n) is 9.58. The first-order valence-corrected chi connectivity index (χ1v) is 5.47. The Morgan fingerprint density at radius 1 is 1.38 bits per heavy atom. The summed E-state index contributed by atoms with van der Waals surface area (Å²) < 4.78 is 0. The van der Waals surface area contributed by atoms with Crippen molar-refractivity contribution in [3.63, 3.8) is 0 Å². The van der Waals surface area contributed by atoms with Crippen molar-refractivity contribution in [3.8, 4) is 0 Å². The average Bonchev–Trinajstić information content (AvgIpc) is 2.27. The second kappa shape index (κ2) is 4.08. The van der Waals surface area contributed by atoms with Gasteiger partial charge in [0.25, 0.3) is 5.91 Å². The van der Waals surface area contributed by atoms with Crippen LogP contribution in [0.4, 0.5) is 5.82 Å². The summed E-state index contributed by atoms with van der Waals surface area (Å²) in [4.78, 5) is 11.8. The number of nitrogens with zero attached hydrogens (tertiary/aromatic N) is 2. The van der Waals surface area contributed by atoms with Crippen LogP contribution in [-0.4, -0.2) is 28.7 Å². The highest BCUT2D eigenvalue weighted by Gasteiger charge is 2.33. The third kappa shape index (κ3) is 2.13. The maximum Gasteiger partial charge on any atom is 0.272 e. The lowest BCUT2D eigenvalue weighted by Gasteiger charge is -2.38. The van der Waals surface area contributed by atoms with Crippen LogP contribution in [0.5, 0.6) is 0 Å². The highest BCUT2D eigenvalue weighted by molar-refractivity contribution is 5.92. The number of aromatic nitrogens is 2. The van der Waals surface area contributed by atoms with Gasteiger partial charge in [-0.2, -0.15) is 0 Å². The molecule has 0 aromatic carbocycles. The van der Waals surface area contributed by atoms with Crippen molar-refractivity contribution in [2.75, 3.05) is 12.4 Å². The zero-order chi connectivity index (χ0) is 11.6. The number of anilines is 1. The minimum absolute atomic E-state index is 0.0412. The van der Waals surface area contributed by atoms with Crippen LogP contribution in [0.15, 0.2) is 12.1 Å². The zero-order valence-corrected chi connectivity index (χ0v) is 9.58. The average molecular weight is 220 g/mol. The first-order chi connectivity index (χ1) is 7.63. The van der Waals surface area contributed by atoms with Crippen LogP contribution >= 0.6 is 0 Å². The van der Waals surface area contributed by atoms with Gasteiger partial charge >= 0.3 is 0 Å². The molecule has 86 valence electrons. The molecule has 0 atom stereocenters. The molecule has 1 fully saturated rings. The number of nitrogens with one attached hydrogen (secondary N) is 2. The van der Waals surface area contributed by atoms with E-state index >= 15 is 0 Å². The molecule has 0 bridgehead atoms. The molecule has 1 aliphatic rings. The summed E-state index contributed by atoms with van der Waals surface area (Å²) in [5.41, 5.74) is 0.326. The minimum atomic E-state index is -0.141. The fraction of sp³-hybridized carbons (Fsp3) is 0.545. The first-order valence-electron chi connectivity index (χ1n) is 5.47. The molecule has 1 aromatic heterocycles. The van der Waals surface area contributed by atoms with Crippen molar-refractivity contribution in [2.24, 2.45) is 0 Å². The molecule has 1 saturated carbocycles. The van der Waals surface area contributed by atoms with E-state index in [0.29, 0.717) is 11.5 Å². The summed E-state index contributed by atoms with van der Waals surface area (Å²) in [6.07, 6.45) is 3.27. The number of carbonyl (C=O) groups is 1. The van der Waals surface area contributed by atoms with Gasteiger partial charge in [0.15, 0.2) is 5.69 Å². The van der Waals surface area contributed by atoms with Gasteiger partial charge in [-0.15, -0.1) is 10.2 Å². The van der Waals surface area contributed by atoms with Gasteiger partial charge in [-0.1, -0.05) is 0 Å². The number of hydrogen-bond donors (Lipinski definition) is 2. The van der Waals surface area contributed by atoms with E-state index in [-0.39, 0.29) is 11.4 Å². The van der Waals surface area contributed by atoms with E-state index in [1.807, 2.05) is 0 Å². The first kappa shape index (κ1) is 10.9. The van der Waals surface area contributed by atoms with Crippen molar-refractivity contribution in [1.29, 1.82) is 0 Å². The highest BCUT2D eigenvalue weighted by atomic mass is 16.2. The molecular weight excluding hydrogens is 204 g/mol. The van der Waals surface area contributed by atoms with E-state index in [1.54, 1.807) is 19.2 Å². The van der Waals surface area contributed by atoms with E-state index in [4.69, 9.17) is 0 Å². The van der Waals surface area contributed by atoms with Gasteiger partial charge < -0.3 is 10.6 Å². The van der Waals surface area contributed by atoms with Crippen LogP contribution in [0.1, 0.15) is 36.7 Å². The molecule has 5 nitrogen and oxygen atoms in total. The summed E-state index contributed by atoms with van der Waals surface area (Å²) in [5.74, 6) is 0.517. The molecule has 0 unspecified atom stereocenters. The van der Waals surface area contributed by atoms with Crippen LogP contribution in [0.25, 0.3) is 0 Å². The second-order valence-corrected chi connectivity index (χ2v) is 4.42. The van der Waals surface area contributed by atoms with Crippen LogP contribution in [0, 0.1) is 0 Å². The molecule has 1 heterocycles. The molecule has 0 radical (unpaired) electrons. The Hall–Kier alpha value is -1.65. The monoisotopic (exact) mass is 220 g/mol. The lowest BCUT2D eigenvalue weighted by molar-refractivity contribution is 0.0844. The predicted molar refractivity (Wildman–Crippen MR) is 61.3 cm³/mol. The third-order valence-electron chi connectivity index (χ3n) is 3.03. The molecule has 16 heavy (non-hydrogen) atoms. The fourth-order valence-electron chi connectivity index (χ4n) is 1.76. The summed E-state index contributed by atoms with van der Waals surface area (Å²) in [5, 5.41) is 13.6. The Kier molecular flexibility index (Phi) is 2.77. The van der Waals surface area contributed by atoms with Gasteiger partial charge in [0.05, 0.1) is 0 Å². The van der Waals surface area contributed by atoms with Crippen LogP contribution in [0.3, 0.4) is 0 Å². The van der Waals surface area contributed by atoms with E-state index in [2.05, 4.69) is 27.8 Å². The highest BCUT2D eigenvalue weighted by Crippen LogP contribution is 2.31. The van der Waals surface area contributed by atoms with E-state index in [9.17, 15) is 4.79 Å². The van der Waals surface area contributed by atoms with E-state index in [0.717, 1.165) is 12.8 Å². The number of amides is 1. The maximum absolute atomic E-state index is 11.8. The minimum Gasteiger partial charge on any atom is -0.372 e. The van der Waals surface area contributed by atoms with Crippen molar-refractivity contribution in [3.05, 3.63) is 17.8 Å². The SMILES string of the molecule is CNc1ccc(C(=O)NC2(C)CCC2)nn1. The maximum atomic E-state index is 11.8. The van der Waals surface area contributed by atoms with Gasteiger partial charge in [0.2, 0.25) is 0 Å². The molecule has 0 spiro atoms. The van der Waals surface area contributed by atoms with Gasteiger partial charge in [-0.3, -0.25) is 4.79 Å². The molecule has 1 amide bonds. The van der Waals surface area contributed by atoms with E-state index in [1.165, 1.54) is 6.42 Å². The molecule has 0 aliphatic heterocycles. The van der Waals surface area contributed by atoms with Crippen LogP contribution in [0.2, 0.25) is 0 Å². The Bertz CT molecular complexity index is 383. The third-order valence-corrected chi connectivity index (χ3v) is 3.03. The molecule has 1 aliphatic carbocycles. The van der Waals surface area contributed by atoms with Crippen molar-refractivity contribution < 1.29 is 4.79 Å². The summed E-state index contributed by atoms with van der Waals surface area (Å²) in [6.45, 7) is 2.06. The van der Waals surface area contributed by atoms with Gasteiger partial charge in [-0.05, 0) is 38.3 Å². The molecule has 1 aromatic rings. The van der Waals surface area contributed by atoms with Gasteiger partial charge in [0.1, 0.15) is 5.82 Å². The van der Waals surface area contributed by atoms with Crippen LogP contribution < -0.4 is 10.6 Å². The number of hydrogen-bond acceptors (Lipinski definition) is 4. The molecule has 2 rings (SSSR count). The molecule has 0 saturated heterocycles. The van der Waals surface area contributed by atoms with Crippen molar-refractivity contribution >= 4 is 11.7 Å². The van der Waals surface area contributed by atoms with Gasteiger partial charge in [-0.25, -0.2) is 0 Å². The second-order valence-electron chi connectivity index (χ2n) is 4.42. The Morgan fingerprint density at radius 3 is 2.56 bits per heavy atom. The fourth-order valence-corrected chi connectivity index (χ4v) is 1.76. The van der Waals surface area contributed by atoms with Crippen LogP contribution in [-0.2, 0) is 0 Å². The molecular formula is C11H16N4O. The number of carbonyl (C=O) groups excluding carboxylic acids is 1. The largest absolute Gasteiger partial charge is 0.372 e. The standard InChI is InChI=1S/C11H16N4O/c1-11(6-3-7-11)13-10(16)8-4-5-9(12-2)15-14-8/h4-5H,3,6-7H2,1-2H3,(H,12,15)(H,13,16). The smallest absolute Gasteiger partial charge is 0.272 e. The Morgan fingerprint density at radius 2 is 2.12 bits per heavy atom. The van der Waals surface area contributed by atoms with E-state index < -0.39 is 0 Å². The summed E-state index contributed by atoms with van der Waals surface area (Å²) in [7, 11) is 1.76. The lowest BCUT2D eigenvalue weighted by Crippen LogP contribution is -2.51. The topological polar surface area (TPSA) is 66.9 Å². The summed E-state index contributed by atoms with van der Waals surface area (Å²) in [6, 6.07) is 3.42. The van der Waals surface area contributed by atoms with Crippen molar-refractivity contribution in [1.82, 2.24) is 15.5 Å². The number of rotatable bonds is 3. The molecule has 2 N–H and O–H groups in total. The molecule has 5 heteroatoms. The quantitative estimate of drug-likeness (QED) is 0.803. The Labute approximate surface area is 94.6 Å². The normalized spacial score (nSPS) is 17.4. The van der Waals surface area contributed by atoms with Gasteiger partial charge in [0, 0.05) is 12.6 Å². The lowest BCUT2D eigenvalue weighted by atomic mass is 9.78. The summed E-state index contributed by atoms with van der Waals surface area (Å²) >= 11 is 0. The predicted octanol–water partition coefficient (Wildman–Crippen LogP) is 1.19. The Balaban J connectivity index is 2.03.